The molecular weight excluding hydrogens is 192 g/mol. The second-order valence-corrected chi connectivity index (χ2v) is 3.20. The Morgan fingerprint density at radius 3 is 2.87 bits per heavy atom. The van der Waals surface area contributed by atoms with Gasteiger partial charge in [0.15, 0.2) is 11.5 Å². The molecule has 0 saturated carbocycles. The van der Waals surface area contributed by atoms with Gasteiger partial charge in [0.25, 0.3) is 0 Å². The molecule has 0 saturated heterocycles. The molecule has 0 radical (unpaired) electrons. The Hall–Kier alpha value is -2.28. The van der Waals surface area contributed by atoms with Crippen LogP contribution in [0, 0.1) is 11.3 Å². The van der Waals surface area contributed by atoms with E-state index in [2.05, 4.69) is 11.1 Å². The number of nitriles is 1. The van der Waals surface area contributed by atoms with E-state index in [1.165, 1.54) is 0 Å². The lowest BCUT2D eigenvalue weighted by Crippen LogP contribution is -1.92. The van der Waals surface area contributed by atoms with E-state index in [-0.39, 0.29) is 6.79 Å². The number of pyridine rings is 1. The van der Waals surface area contributed by atoms with Gasteiger partial charge in [-0.3, -0.25) is 0 Å². The van der Waals surface area contributed by atoms with E-state index in [0.29, 0.717) is 11.4 Å². The summed E-state index contributed by atoms with van der Waals surface area (Å²) in [6.07, 6.45) is 1.61. The molecule has 0 fully saturated rings. The summed E-state index contributed by atoms with van der Waals surface area (Å²) in [7, 11) is 0. The molecule has 15 heavy (non-hydrogen) atoms. The van der Waals surface area contributed by atoms with Crippen LogP contribution in [0.4, 0.5) is 0 Å². The predicted octanol–water partition coefficient (Wildman–Crippen LogP) is 1.84. The van der Waals surface area contributed by atoms with E-state index >= 15 is 0 Å². The Labute approximate surface area is 85.7 Å². The molecule has 3 rings (SSSR count). The van der Waals surface area contributed by atoms with Gasteiger partial charge in [-0.25, -0.2) is 4.98 Å². The average molecular weight is 198 g/mol. The fraction of sp³-hybridized carbons (Fsp3) is 0.0909. The molecular formula is C11H6N2O2. The number of rotatable bonds is 0. The monoisotopic (exact) mass is 198 g/mol. The van der Waals surface area contributed by atoms with Crippen LogP contribution in [0.5, 0.6) is 11.5 Å². The molecule has 72 valence electrons. The molecule has 0 bridgehead atoms. The summed E-state index contributed by atoms with van der Waals surface area (Å²) >= 11 is 0. The summed E-state index contributed by atoms with van der Waals surface area (Å²) in [5.74, 6) is 1.39. The minimum atomic E-state index is 0.237. The van der Waals surface area contributed by atoms with Crippen LogP contribution in [0.1, 0.15) is 5.69 Å². The lowest BCUT2D eigenvalue weighted by atomic mass is 10.1. The number of hydrogen-bond acceptors (Lipinski definition) is 4. The molecule has 0 atom stereocenters. The van der Waals surface area contributed by atoms with Crippen molar-refractivity contribution in [2.24, 2.45) is 0 Å². The van der Waals surface area contributed by atoms with Crippen LogP contribution in [-0.2, 0) is 0 Å². The Balaban J connectivity index is 2.39. The topological polar surface area (TPSA) is 55.1 Å². The Morgan fingerprint density at radius 2 is 2.07 bits per heavy atom. The third kappa shape index (κ3) is 1.10. The molecule has 1 aromatic heterocycles. The van der Waals surface area contributed by atoms with Crippen molar-refractivity contribution in [2.45, 2.75) is 0 Å². The van der Waals surface area contributed by atoms with Crippen molar-refractivity contribution >= 4 is 10.8 Å². The van der Waals surface area contributed by atoms with Crippen molar-refractivity contribution < 1.29 is 9.47 Å². The maximum absolute atomic E-state index is 8.90. The van der Waals surface area contributed by atoms with Crippen LogP contribution >= 0.6 is 0 Å². The van der Waals surface area contributed by atoms with Crippen molar-refractivity contribution in [3.63, 3.8) is 0 Å². The molecule has 0 amide bonds. The Kier molecular flexibility index (Phi) is 1.53. The summed E-state index contributed by atoms with van der Waals surface area (Å²) in [6.45, 7) is 0.237. The van der Waals surface area contributed by atoms with Crippen molar-refractivity contribution in [3.05, 3.63) is 30.1 Å². The molecule has 1 aliphatic rings. The molecule has 0 aliphatic carbocycles. The SMILES string of the molecule is N#Cc1nccc2cc3c(cc12)OCO3. The number of benzene rings is 1. The first-order valence-electron chi connectivity index (χ1n) is 4.47. The van der Waals surface area contributed by atoms with Crippen molar-refractivity contribution in [3.8, 4) is 17.6 Å². The van der Waals surface area contributed by atoms with Crippen molar-refractivity contribution in [1.29, 1.82) is 5.26 Å². The van der Waals surface area contributed by atoms with Crippen molar-refractivity contribution in [1.82, 2.24) is 4.98 Å². The second-order valence-electron chi connectivity index (χ2n) is 3.20. The van der Waals surface area contributed by atoms with Gasteiger partial charge >= 0.3 is 0 Å². The standard InChI is InChI=1S/C11H6N2O2/c12-5-9-8-4-11-10(14-6-15-11)3-7(8)1-2-13-9/h1-4H,6H2. The lowest BCUT2D eigenvalue weighted by molar-refractivity contribution is 0.174. The van der Waals surface area contributed by atoms with E-state index < -0.39 is 0 Å². The maximum atomic E-state index is 8.90. The minimum Gasteiger partial charge on any atom is -0.454 e. The van der Waals surface area contributed by atoms with Crippen LogP contribution in [0.2, 0.25) is 0 Å². The number of hydrogen-bond donors (Lipinski definition) is 0. The van der Waals surface area contributed by atoms with Crippen LogP contribution in [0.15, 0.2) is 24.4 Å². The van der Waals surface area contributed by atoms with E-state index in [0.717, 1.165) is 16.5 Å². The molecule has 1 aliphatic heterocycles. The molecule has 1 aromatic carbocycles. The highest BCUT2D eigenvalue weighted by Crippen LogP contribution is 2.36. The largest absolute Gasteiger partial charge is 0.454 e. The van der Waals surface area contributed by atoms with E-state index in [1.807, 2.05) is 12.1 Å². The first-order valence-corrected chi connectivity index (χ1v) is 4.47. The van der Waals surface area contributed by atoms with Gasteiger partial charge in [-0.05, 0) is 23.6 Å². The summed E-state index contributed by atoms with van der Waals surface area (Å²) in [6, 6.07) is 7.56. The smallest absolute Gasteiger partial charge is 0.231 e. The number of nitrogens with zero attached hydrogens (tertiary/aromatic N) is 2. The molecule has 4 heteroatoms. The van der Waals surface area contributed by atoms with Gasteiger partial charge in [-0.1, -0.05) is 0 Å². The fourth-order valence-electron chi connectivity index (χ4n) is 1.65. The number of fused-ring (bicyclic) bond motifs is 2. The summed E-state index contributed by atoms with van der Waals surface area (Å²) in [5, 5.41) is 10.6. The van der Waals surface area contributed by atoms with Crippen LogP contribution in [0.25, 0.3) is 10.8 Å². The zero-order valence-electron chi connectivity index (χ0n) is 7.73. The summed E-state index contributed by atoms with van der Waals surface area (Å²) in [4.78, 5) is 3.99. The molecule has 2 heterocycles. The van der Waals surface area contributed by atoms with Crippen LogP contribution in [-0.4, -0.2) is 11.8 Å². The molecule has 0 spiro atoms. The van der Waals surface area contributed by atoms with Gasteiger partial charge in [0.1, 0.15) is 11.8 Å². The Morgan fingerprint density at radius 1 is 1.27 bits per heavy atom. The normalized spacial score (nSPS) is 12.7. The zero-order valence-corrected chi connectivity index (χ0v) is 7.73. The molecule has 0 N–H and O–H groups in total. The maximum Gasteiger partial charge on any atom is 0.231 e. The van der Waals surface area contributed by atoms with Gasteiger partial charge in [-0.2, -0.15) is 5.26 Å². The first-order chi connectivity index (χ1) is 7.38. The summed E-state index contributed by atoms with van der Waals surface area (Å²) in [5.41, 5.74) is 0.408. The van der Waals surface area contributed by atoms with Gasteiger partial charge in [0.2, 0.25) is 6.79 Å². The molecule has 4 nitrogen and oxygen atoms in total. The zero-order chi connectivity index (χ0) is 10.3. The van der Waals surface area contributed by atoms with Gasteiger partial charge in [0.05, 0.1) is 0 Å². The first kappa shape index (κ1) is 8.06. The molecule has 2 aromatic rings. The third-order valence-corrected chi connectivity index (χ3v) is 2.36. The Bertz CT molecular complexity index is 587. The van der Waals surface area contributed by atoms with Gasteiger partial charge in [-0.15, -0.1) is 0 Å². The highest BCUT2D eigenvalue weighted by Gasteiger charge is 2.15. The van der Waals surface area contributed by atoms with Crippen LogP contribution in [0.3, 0.4) is 0 Å². The quantitative estimate of drug-likeness (QED) is 0.648. The fourth-order valence-corrected chi connectivity index (χ4v) is 1.65. The summed E-state index contributed by atoms with van der Waals surface area (Å²) < 4.78 is 10.5. The van der Waals surface area contributed by atoms with Crippen molar-refractivity contribution in [2.75, 3.05) is 6.79 Å². The number of aromatic nitrogens is 1. The van der Waals surface area contributed by atoms with E-state index in [9.17, 15) is 0 Å². The van der Waals surface area contributed by atoms with E-state index in [1.54, 1.807) is 12.3 Å². The minimum absolute atomic E-state index is 0.237. The van der Waals surface area contributed by atoms with Gasteiger partial charge < -0.3 is 9.47 Å². The second kappa shape index (κ2) is 2.85. The predicted molar refractivity (Wildman–Crippen MR) is 52.6 cm³/mol. The van der Waals surface area contributed by atoms with Crippen LogP contribution < -0.4 is 9.47 Å². The number of ether oxygens (including phenoxy) is 2. The average Bonchev–Trinajstić information content (AvgIpc) is 2.72. The van der Waals surface area contributed by atoms with Gasteiger partial charge in [0, 0.05) is 11.6 Å². The molecule has 0 unspecified atom stereocenters. The highest BCUT2D eigenvalue weighted by atomic mass is 16.7. The highest BCUT2D eigenvalue weighted by molar-refractivity contribution is 5.89. The van der Waals surface area contributed by atoms with E-state index in [4.69, 9.17) is 14.7 Å². The lowest BCUT2D eigenvalue weighted by Gasteiger charge is -2.01. The third-order valence-electron chi connectivity index (χ3n) is 2.36.